The van der Waals surface area contributed by atoms with Gasteiger partial charge in [0.05, 0.1) is 24.2 Å². The van der Waals surface area contributed by atoms with Gasteiger partial charge in [-0.2, -0.15) is 0 Å². The van der Waals surface area contributed by atoms with E-state index in [0.717, 1.165) is 25.7 Å². The van der Waals surface area contributed by atoms with Gasteiger partial charge in [-0.15, -0.1) is 0 Å². The molecule has 1 aliphatic heterocycles. The molecule has 4 nitrogen and oxygen atoms in total. The van der Waals surface area contributed by atoms with Crippen molar-refractivity contribution >= 4 is 5.97 Å². The van der Waals surface area contributed by atoms with Crippen molar-refractivity contribution < 1.29 is 19.0 Å². The van der Waals surface area contributed by atoms with Crippen LogP contribution in [0.4, 0.5) is 0 Å². The highest BCUT2D eigenvalue weighted by Crippen LogP contribution is 2.42. The van der Waals surface area contributed by atoms with E-state index in [0.29, 0.717) is 18.4 Å². The fourth-order valence-corrected chi connectivity index (χ4v) is 5.61. The molecule has 168 valence electrons. The first kappa shape index (κ1) is 23.1. The van der Waals surface area contributed by atoms with Crippen LogP contribution in [0.3, 0.4) is 0 Å². The van der Waals surface area contributed by atoms with Crippen LogP contribution in [0, 0.1) is 28.6 Å². The van der Waals surface area contributed by atoms with E-state index in [1.165, 1.54) is 32.1 Å². The largest absolute Gasteiger partial charge is 0.465 e. The molecule has 5 atom stereocenters. The molecule has 5 unspecified atom stereocenters. The van der Waals surface area contributed by atoms with Crippen LogP contribution in [0.2, 0.25) is 0 Å². The molecular weight excluding hydrogens is 364 g/mol. The second kappa shape index (κ2) is 9.26. The lowest BCUT2D eigenvalue weighted by Gasteiger charge is -2.37. The summed E-state index contributed by atoms with van der Waals surface area (Å²) in [4.78, 5) is 13.0. The maximum Gasteiger partial charge on any atom is 0.312 e. The Morgan fingerprint density at radius 2 is 1.62 bits per heavy atom. The summed E-state index contributed by atoms with van der Waals surface area (Å²) < 4.78 is 18.6. The smallest absolute Gasteiger partial charge is 0.312 e. The fourth-order valence-electron chi connectivity index (χ4n) is 5.61. The first-order valence-corrected chi connectivity index (χ1v) is 12.1. The molecule has 0 amide bonds. The summed E-state index contributed by atoms with van der Waals surface area (Å²) in [6, 6.07) is 0. The van der Waals surface area contributed by atoms with E-state index < -0.39 is 5.41 Å². The third-order valence-electron chi connectivity index (χ3n) is 7.58. The molecule has 3 aliphatic rings. The Kier molecular flexibility index (Phi) is 7.36. The van der Waals surface area contributed by atoms with Crippen molar-refractivity contribution in [1.82, 2.24) is 0 Å². The monoisotopic (exact) mass is 408 g/mol. The van der Waals surface area contributed by atoms with Crippen LogP contribution in [0.1, 0.15) is 99.3 Å². The van der Waals surface area contributed by atoms with Crippen LogP contribution < -0.4 is 0 Å². The normalized spacial score (nSPS) is 33.3. The Labute approximate surface area is 178 Å². The van der Waals surface area contributed by atoms with E-state index in [4.69, 9.17) is 14.2 Å². The molecule has 0 spiro atoms. The van der Waals surface area contributed by atoms with Crippen molar-refractivity contribution in [3.63, 3.8) is 0 Å². The SMILES string of the molecule is CC(C)C(C)(CC(C)(C)C)C(=O)OCC1CCC2OC(C3CCCCC3)OC2C1. The van der Waals surface area contributed by atoms with Gasteiger partial charge in [0.2, 0.25) is 0 Å². The van der Waals surface area contributed by atoms with Crippen LogP contribution in [-0.4, -0.2) is 31.1 Å². The second-order valence-electron chi connectivity index (χ2n) is 11.7. The first-order chi connectivity index (χ1) is 13.6. The van der Waals surface area contributed by atoms with E-state index in [1.54, 1.807) is 0 Å². The van der Waals surface area contributed by atoms with Gasteiger partial charge in [-0.1, -0.05) is 53.9 Å². The zero-order valence-electron chi connectivity index (χ0n) is 19.7. The molecule has 1 saturated heterocycles. The average Bonchev–Trinajstić information content (AvgIpc) is 3.08. The highest BCUT2D eigenvalue weighted by atomic mass is 16.7. The van der Waals surface area contributed by atoms with E-state index in [9.17, 15) is 4.79 Å². The lowest BCUT2D eigenvalue weighted by molar-refractivity contribution is -0.162. The molecule has 0 aromatic carbocycles. The van der Waals surface area contributed by atoms with Gasteiger partial charge in [0.15, 0.2) is 6.29 Å². The van der Waals surface area contributed by atoms with Crippen LogP contribution in [0.5, 0.6) is 0 Å². The molecule has 0 radical (unpaired) electrons. The van der Waals surface area contributed by atoms with Gasteiger partial charge in [-0.05, 0) is 62.7 Å². The summed E-state index contributed by atoms with van der Waals surface area (Å²) in [7, 11) is 0. The van der Waals surface area contributed by atoms with Gasteiger partial charge in [-0.25, -0.2) is 0 Å². The number of esters is 1. The summed E-state index contributed by atoms with van der Waals surface area (Å²) in [5, 5.41) is 0. The van der Waals surface area contributed by atoms with Crippen molar-refractivity contribution in [1.29, 1.82) is 0 Å². The van der Waals surface area contributed by atoms with Crippen molar-refractivity contribution in [3.05, 3.63) is 0 Å². The molecule has 2 aliphatic carbocycles. The average molecular weight is 409 g/mol. The highest BCUT2D eigenvalue weighted by molar-refractivity contribution is 5.76. The minimum absolute atomic E-state index is 0.00242. The van der Waals surface area contributed by atoms with E-state index in [2.05, 4.69) is 41.5 Å². The molecule has 0 aromatic rings. The quantitative estimate of drug-likeness (QED) is 0.497. The van der Waals surface area contributed by atoms with Crippen molar-refractivity contribution in [3.8, 4) is 0 Å². The lowest BCUT2D eigenvalue weighted by atomic mass is 9.69. The number of rotatable bonds is 6. The Hall–Kier alpha value is -0.610. The zero-order chi connectivity index (χ0) is 21.2. The molecule has 3 rings (SSSR count). The number of ether oxygens (including phenoxy) is 3. The number of fused-ring (bicyclic) bond motifs is 1. The standard InChI is InChI=1S/C25H44O4/c1-17(2)25(6,16-24(3,4)5)23(26)27-15-18-12-13-20-21(14-18)29-22(28-20)19-10-8-7-9-11-19/h17-22H,7-16H2,1-6H3. The molecule has 29 heavy (non-hydrogen) atoms. The van der Waals surface area contributed by atoms with Crippen molar-refractivity contribution in [2.24, 2.45) is 28.6 Å². The van der Waals surface area contributed by atoms with E-state index in [-0.39, 0.29) is 35.8 Å². The van der Waals surface area contributed by atoms with Crippen LogP contribution in [0.15, 0.2) is 0 Å². The lowest BCUT2D eigenvalue weighted by Crippen LogP contribution is -2.40. The van der Waals surface area contributed by atoms with Crippen molar-refractivity contribution in [2.45, 2.75) is 118 Å². The van der Waals surface area contributed by atoms with Gasteiger partial charge >= 0.3 is 5.97 Å². The molecule has 0 N–H and O–H groups in total. The van der Waals surface area contributed by atoms with E-state index >= 15 is 0 Å². The fraction of sp³-hybridized carbons (Fsp3) is 0.960. The molecule has 1 heterocycles. The maximum atomic E-state index is 13.0. The van der Waals surface area contributed by atoms with Gasteiger partial charge in [0, 0.05) is 5.92 Å². The van der Waals surface area contributed by atoms with Gasteiger partial charge in [-0.3, -0.25) is 4.79 Å². The Morgan fingerprint density at radius 1 is 0.966 bits per heavy atom. The third-order valence-corrected chi connectivity index (χ3v) is 7.58. The predicted molar refractivity (Wildman–Crippen MR) is 115 cm³/mol. The highest BCUT2D eigenvalue weighted by Gasteiger charge is 2.45. The van der Waals surface area contributed by atoms with Gasteiger partial charge < -0.3 is 14.2 Å². The number of carbonyl (C=O) groups is 1. The van der Waals surface area contributed by atoms with Crippen LogP contribution >= 0.6 is 0 Å². The Balaban J connectivity index is 1.50. The Morgan fingerprint density at radius 3 is 2.24 bits per heavy atom. The third kappa shape index (κ3) is 5.76. The molecule has 2 saturated carbocycles. The zero-order valence-corrected chi connectivity index (χ0v) is 19.7. The minimum Gasteiger partial charge on any atom is -0.465 e. The molecular formula is C25H44O4. The van der Waals surface area contributed by atoms with Crippen molar-refractivity contribution in [2.75, 3.05) is 6.61 Å². The summed E-state index contributed by atoms with van der Waals surface area (Å²) in [6.45, 7) is 13.4. The summed E-state index contributed by atoms with van der Waals surface area (Å²) >= 11 is 0. The molecule has 0 bridgehead atoms. The first-order valence-electron chi connectivity index (χ1n) is 12.1. The number of hydrogen-bond acceptors (Lipinski definition) is 4. The number of carbonyl (C=O) groups excluding carboxylic acids is 1. The number of hydrogen-bond donors (Lipinski definition) is 0. The van der Waals surface area contributed by atoms with Gasteiger partial charge in [0.1, 0.15) is 0 Å². The van der Waals surface area contributed by atoms with Crippen LogP contribution in [0.25, 0.3) is 0 Å². The Bertz CT molecular complexity index is 546. The molecule has 0 aromatic heterocycles. The molecule has 4 heteroatoms. The summed E-state index contributed by atoms with van der Waals surface area (Å²) in [6.07, 6.45) is 10.8. The topological polar surface area (TPSA) is 44.8 Å². The summed E-state index contributed by atoms with van der Waals surface area (Å²) in [5.41, 5.74) is -0.340. The maximum absolute atomic E-state index is 13.0. The molecule has 3 fully saturated rings. The summed E-state index contributed by atoms with van der Waals surface area (Å²) in [5.74, 6) is 1.19. The second-order valence-corrected chi connectivity index (χ2v) is 11.7. The minimum atomic E-state index is -0.436. The van der Waals surface area contributed by atoms with Gasteiger partial charge in [0.25, 0.3) is 0 Å². The van der Waals surface area contributed by atoms with E-state index in [1.807, 2.05) is 0 Å². The van der Waals surface area contributed by atoms with Crippen LogP contribution in [-0.2, 0) is 19.0 Å². The predicted octanol–water partition coefficient (Wildman–Crippen LogP) is 6.12.